The Morgan fingerprint density at radius 2 is 2.21 bits per heavy atom. The molecule has 0 aliphatic heterocycles. The third-order valence-electron chi connectivity index (χ3n) is 3.54. The number of anilines is 1. The van der Waals surface area contributed by atoms with Crippen LogP contribution < -0.4 is 16.7 Å². The molecular formula is C17H21F3N4O5. The van der Waals surface area contributed by atoms with E-state index in [4.69, 9.17) is 15.2 Å². The number of nitrogens with zero attached hydrogens (tertiary/aromatic N) is 2. The zero-order valence-electron chi connectivity index (χ0n) is 15.5. The van der Waals surface area contributed by atoms with Crippen molar-refractivity contribution in [2.45, 2.75) is 24.9 Å². The SMILES string of the molecule is C=CCOC(Cn1cc(C#CCNC(=O)C(F)(F)F)c(N)nc1=O)C(CO)OC. The van der Waals surface area contributed by atoms with Gasteiger partial charge in [0.2, 0.25) is 0 Å². The number of methoxy groups -OCH3 is 1. The van der Waals surface area contributed by atoms with Crippen molar-refractivity contribution in [1.82, 2.24) is 14.9 Å². The number of aromatic nitrogens is 2. The van der Waals surface area contributed by atoms with Crippen LogP contribution in [0.15, 0.2) is 23.6 Å². The van der Waals surface area contributed by atoms with Gasteiger partial charge in [0.1, 0.15) is 18.0 Å². The summed E-state index contributed by atoms with van der Waals surface area (Å²) in [5, 5.41) is 11.0. The van der Waals surface area contributed by atoms with Crippen LogP contribution in [-0.2, 0) is 20.8 Å². The fraction of sp³-hybridized carbons (Fsp3) is 0.471. The molecule has 1 aromatic heterocycles. The number of carbonyl (C=O) groups excluding carboxylic acids is 1. The predicted octanol–water partition coefficient (Wildman–Crippen LogP) is -0.566. The lowest BCUT2D eigenvalue weighted by molar-refractivity contribution is -0.173. The summed E-state index contributed by atoms with van der Waals surface area (Å²) in [5.74, 6) is 2.39. The zero-order valence-corrected chi connectivity index (χ0v) is 15.5. The van der Waals surface area contributed by atoms with Crippen LogP contribution in [0.25, 0.3) is 0 Å². The van der Waals surface area contributed by atoms with Gasteiger partial charge in [0.25, 0.3) is 0 Å². The van der Waals surface area contributed by atoms with Crippen molar-refractivity contribution in [2.75, 3.05) is 32.6 Å². The van der Waals surface area contributed by atoms with Crippen molar-refractivity contribution < 1.29 is 32.5 Å². The van der Waals surface area contributed by atoms with Crippen LogP contribution in [0.1, 0.15) is 5.56 Å². The fourth-order valence-corrected chi connectivity index (χ4v) is 2.10. The number of hydrogen-bond acceptors (Lipinski definition) is 7. The molecule has 12 heteroatoms. The van der Waals surface area contributed by atoms with Gasteiger partial charge in [-0.2, -0.15) is 18.2 Å². The first kappa shape index (κ1) is 24.2. The monoisotopic (exact) mass is 418 g/mol. The minimum Gasteiger partial charge on any atom is -0.394 e. The Bertz CT molecular complexity index is 825. The van der Waals surface area contributed by atoms with E-state index in [1.165, 1.54) is 19.4 Å². The molecule has 1 aromatic rings. The summed E-state index contributed by atoms with van der Waals surface area (Å²) < 4.78 is 48.1. The number of aliphatic hydroxyl groups is 1. The second-order valence-corrected chi connectivity index (χ2v) is 5.57. The van der Waals surface area contributed by atoms with Crippen molar-refractivity contribution in [2.24, 2.45) is 0 Å². The number of nitrogen functional groups attached to an aromatic ring is 1. The highest BCUT2D eigenvalue weighted by molar-refractivity contribution is 5.81. The van der Waals surface area contributed by atoms with Crippen LogP contribution in [-0.4, -0.2) is 65.8 Å². The lowest BCUT2D eigenvalue weighted by Gasteiger charge is -2.25. The smallest absolute Gasteiger partial charge is 0.394 e. The van der Waals surface area contributed by atoms with E-state index in [0.717, 1.165) is 4.57 Å². The topological polar surface area (TPSA) is 129 Å². The number of rotatable bonds is 9. The lowest BCUT2D eigenvalue weighted by atomic mass is 10.2. The summed E-state index contributed by atoms with van der Waals surface area (Å²) in [4.78, 5) is 26.4. The molecule has 0 radical (unpaired) electrons. The second-order valence-electron chi connectivity index (χ2n) is 5.57. The third kappa shape index (κ3) is 7.57. The van der Waals surface area contributed by atoms with Crippen molar-refractivity contribution >= 4 is 11.7 Å². The van der Waals surface area contributed by atoms with Gasteiger partial charge in [0, 0.05) is 13.3 Å². The lowest BCUT2D eigenvalue weighted by Crippen LogP contribution is -2.40. The Morgan fingerprint density at radius 3 is 2.76 bits per heavy atom. The molecule has 1 rings (SSSR count). The van der Waals surface area contributed by atoms with Crippen molar-refractivity contribution in [3.8, 4) is 11.8 Å². The van der Waals surface area contributed by atoms with E-state index < -0.39 is 36.5 Å². The fourth-order valence-electron chi connectivity index (χ4n) is 2.10. The molecule has 9 nitrogen and oxygen atoms in total. The maximum absolute atomic E-state index is 12.1. The number of alkyl halides is 3. The minimum absolute atomic E-state index is 0.0614. The standard InChI is InChI=1S/C17H21F3N4O5/c1-3-7-29-12(13(10-25)28-2)9-24-8-11(14(21)23-16(24)27)5-4-6-22-15(26)17(18,19)20/h3,8,12-13,25H,1,6-7,9-10H2,2H3,(H,22,26)(H2,21,23,27). The van der Waals surface area contributed by atoms with Crippen molar-refractivity contribution in [3.63, 3.8) is 0 Å². The molecule has 29 heavy (non-hydrogen) atoms. The molecule has 0 aliphatic carbocycles. The van der Waals surface area contributed by atoms with Crippen LogP contribution in [0.2, 0.25) is 0 Å². The number of amides is 1. The van der Waals surface area contributed by atoms with Gasteiger partial charge >= 0.3 is 17.8 Å². The highest BCUT2D eigenvalue weighted by Crippen LogP contribution is 2.13. The molecule has 0 bridgehead atoms. The molecule has 160 valence electrons. The first-order valence-electron chi connectivity index (χ1n) is 8.21. The molecule has 4 N–H and O–H groups in total. The van der Waals surface area contributed by atoms with Gasteiger partial charge < -0.3 is 25.6 Å². The summed E-state index contributed by atoms with van der Waals surface area (Å²) in [7, 11) is 1.36. The Kier molecular flexibility index (Phi) is 9.33. The predicted molar refractivity (Wildman–Crippen MR) is 96.7 cm³/mol. The van der Waals surface area contributed by atoms with E-state index in [-0.39, 0.29) is 31.1 Å². The summed E-state index contributed by atoms with van der Waals surface area (Å²) in [6.07, 6.45) is -3.77. The highest BCUT2D eigenvalue weighted by Gasteiger charge is 2.38. The molecule has 2 unspecified atom stereocenters. The number of carbonyl (C=O) groups is 1. The quantitative estimate of drug-likeness (QED) is 0.362. The van der Waals surface area contributed by atoms with Gasteiger partial charge in [-0.05, 0) is 0 Å². The van der Waals surface area contributed by atoms with Gasteiger partial charge in [-0.1, -0.05) is 17.9 Å². The first-order chi connectivity index (χ1) is 13.6. The van der Waals surface area contributed by atoms with E-state index in [2.05, 4.69) is 23.4 Å². The van der Waals surface area contributed by atoms with Crippen LogP contribution >= 0.6 is 0 Å². The number of aliphatic hydroxyl groups excluding tert-OH is 1. The van der Waals surface area contributed by atoms with Gasteiger partial charge in [-0.25, -0.2) is 4.79 Å². The van der Waals surface area contributed by atoms with Gasteiger partial charge in [0.15, 0.2) is 0 Å². The Hall–Kier alpha value is -2.88. The maximum atomic E-state index is 12.1. The van der Waals surface area contributed by atoms with E-state index in [0.29, 0.717) is 0 Å². The summed E-state index contributed by atoms with van der Waals surface area (Å²) in [6.45, 7) is 2.62. The molecule has 1 heterocycles. The first-order valence-corrected chi connectivity index (χ1v) is 8.21. The number of nitrogens with one attached hydrogen (secondary N) is 1. The summed E-state index contributed by atoms with van der Waals surface area (Å²) in [6, 6.07) is 0. The number of halogens is 3. The molecule has 2 atom stereocenters. The van der Waals surface area contributed by atoms with Gasteiger partial charge in [-0.3, -0.25) is 9.36 Å². The number of ether oxygens (including phenoxy) is 2. The molecule has 0 aromatic carbocycles. The van der Waals surface area contributed by atoms with Crippen LogP contribution in [0.4, 0.5) is 19.0 Å². The molecule has 0 spiro atoms. The average Bonchev–Trinajstić information content (AvgIpc) is 2.65. The average molecular weight is 418 g/mol. The van der Waals surface area contributed by atoms with Crippen molar-refractivity contribution in [3.05, 3.63) is 34.9 Å². The molecular weight excluding hydrogens is 397 g/mol. The van der Waals surface area contributed by atoms with E-state index >= 15 is 0 Å². The maximum Gasteiger partial charge on any atom is 0.471 e. The van der Waals surface area contributed by atoms with Crippen LogP contribution in [0, 0.1) is 11.8 Å². The molecule has 1 amide bonds. The highest BCUT2D eigenvalue weighted by atomic mass is 19.4. The van der Waals surface area contributed by atoms with Crippen molar-refractivity contribution in [1.29, 1.82) is 0 Å². The number of hydrogen-bond donors (Lipinski definition) is 3. The largest absolute Gasteiger partial charge is 0.471 e. The molecule has 0 aliphatic rings. The summed E-state index contributed by atoms with van der Waals surface area (Å²) in [5.41, 5.74) is 4.96. The Balaban J connectivity index is 3.01. The van der Waals surface area contributed by atoms with Gasteiger partial charge in [0.05, 0.1) is 31.9 Å². The Morgan fingerprint density at radius 1 is 1.52 bits per heavy atom. The Labute approximate surface area is 164 Å². The summed E-state index contributed by atoms with van der Waals surface area (Å²) >= 11 is 0. The number of nitrogens with two attached hydrogens (primary N) is 1. The normalized spacial score (nSPS) is 13.1. The second kappa shape index (κ2) is 11.2. The minimum atomic E-state index is -5.01. The molecule has 0 fully saturated rings. The molecule has 0 saturated carbocycles. The zero-order chi connectivity index (χ0) is 22.0. The van der Waals surface area contributed by atoms with Crippen LogP contribution in [0.5, 0.6) is 0 Å². The van der Waals surface area contributed by atoms with E-state index in [9.17, 15) is 27.9 Å². The van der Waals surface area contributed by atoms with E-state index in [1.807, 2.05) is 0 Å². The third-order valence-corrected chi connectivity index (χ3v) is 3.54. The van der Waals surface area contributed by atoms with Gasteiger partial charge in [-0.15, -0.1) is 6.58 Å². The van der Waals surface area contributed by atoms with Crippen LogP contribution in [0.3, 0.4) is 0 Å². The molecule has 0 saturated heterocycles. The van der Waals surface area contributed by atoms with E-state index in [1.54, 1.807) is 5.32 Å².